The summed E-state index contributed by atoms with van der Waals surface area (Å²) < 4.78 is 4.46. The van der Waals surface area contributed by atoms with Gasteiger partial charge in [-0.1, -0.05) is 47.7 Å². The fourth-order valence-electron chi connectivity index (χ4n) is 3.90. The molecule has 0 bridgehead atoms. The van der Waals surface area contributed by atoms with Crippen molar-refractivity contribution in [3.63, 3.8) is 0 Å². The Hall–Kier alpha value is -1.72. The van der Waals surface area contributed by atoms with Crippen LogP contribution in [0.4, 0.5) is 0 Å². The first kappa shape index (κ1) is 24.9. The Labute approximate surface area is 211 Å². The SMILES string of the molecule is Cc1ccc2c(c1)c(C=S)cn2CCCCl.Cc1ccc2c(c1)c(C=S)cn2CCCCl. The van der Waals surface area contributed by atoms with Crippen LogP contribution < -0.4 is 0 Å². The Morgan fingerprint density at radius 3 is 1.47 bits per heavy atom. The summed E-state index contributed by atoms with van der Waals surface area (Å²) in [5.74, 6) is 1.39. The quantitative estimate of drug-likeness (QED) is 0.179. The molecule has 2 heterocycles. The van der Waals surface area contributed by atoms with Crippen LogP contribution in [0.2, 0.25) is 0 Å². The lowest BCUT2D eigenvalue weighted by Crippen LogP contribution is -1.96. The number of nitrogens with zero attached hydrogens (tertiary/aromatic N) is 2. The molecule has 0 saturated heterocycles. The number of aromatic nitrogens is 2. The summed E-state index contributed by atoms with van der Waals surface area (Å²) >= 11 is 21.6. The third-order valence-electron chi connectivity index (χ3n) is 5.45. The summed E-state index contributed by atoms with van der Waals surface area (Å²) in [6, 6.07) is 12.9. The summed E-state index contributed by atoms with van der Waals surface area (Å²) in [5, 5.41) is 5.98. The van der Waals surface area contributed by atoms with Crippen LogP contribution >= 0.6 is 47.6 Å². The third kappa shape index (κ3) is 5.79. The molecular weight excluding hydrogens is 475 g/mol. The average Bonchev–Trinajstić information content (AvgIpc) is 3.33. The molecule has 6 heteroatoms. The van der Waals surface area contributed by atoms with E-state index in [0.29, 0.717) is 11.8 Å². The lowest BCUT2D eigenvalue weighted by molar-refractivity contribution is 0.707. The molecule has 0 amide bonds. The molecule has 0 aliphatic rings. The molecule has 4 aromatic rings. The van der Waals surface area contributed by atoms with Crippen molar-refractivity contribution < 1.29 is 0 Å². The molecule has 0 aliphatic heterocycles. The predicted octanol–water partition coefficient (Wildman–Crippen LogP) is 7.85. The molecule has 0 radical (unpaired) electrons. The highest BCUT2D eigenvalue weighted by Gasteiger charge is 2.07. The first-order valence-electron chi connectivity index (χ1n) is 10.7. The Balaban J connectivity index is 0.000000181. The molecule has 4 rings (SSSR count). The molecule has 0 saturated carbocycles. The Kier molecular flexibility index (Phi) is 9.30. The number of hydrogen-bond acceptors (Lipinski definition) is 2. The van der Waals surface area contributed by atoms with Gasteiger partial charge in [-0.25, -0.2) is 0 Å². The van der Waals surface area contributed by atoms with E-state index in [1.54, 1.807) is 10.7 Å². The lowest BCUT2D eigenvalue weighted by Gasteiger charge is -2.03. The van der Waals surface area contributed by atoms with E-state index in [4.69, 9.17) is 47.6 Å². The smallest absolute Gasteiger partial charge is 0.0487 e. The fraction of sp³-hybridized carbons (Fsp3) is 0.308. The van der Waals surface area contributed by atoms with E-state index in [0.717, 1.165) is 37.1 Å². The highest BCUT2D eigenvalue weighted by atomic mass is 35.5. The maximum absolute atomic E-state index is 5.73. The number of aryl methyl sites for hydroxylation is 4. The van der Waals surface area contributed by atoms with Crippen LogP contribution in [0, 0.1) is 13.8 Å². The second-order valence-corrected chi connectivity index (χ2v) is 9.14. The molecule has 2 aromatic carbocycles. The second kappa shape index (κ2) is 11.9. The molecule has 32 heavy (non-hydrogen) atoms. The van der Waals surface area contributed by atoms with Crippen molar-refractivity contribution in [2.24, 2.45) is 0 Å². The van der Waals surface area contributed by atoms with E-state index in [1.807, 2.05) is 0 Å². The Morgan fingerprint density at radius 1 is 0.719 bits per heavy atom. The van der Waals surface area contributed by atoms with Crippen LogP contribution in [0.5, 0.6) is 0 Å². The normalized spacial score (nSPS) is 10.9. The van der Waals surface area contributed by atoms with Gasteiger partial charge >= 0.3 is 0 Å². The first-order valence-corrected chi connectivity index (χ1v) is 12.7. The molecule has 0 N–H and O–H groups in total. The van der Waals surface area contributed by atoms with Gasteiger partial charge in [0.25, 0.3) is 0 Å². The Morgan fingerprint density at radius 2 is 1.12 bits per heavy atom. The van der Waals surface area contributed by atoms with Gasteiger partial charge in [0.2, 0.25) is 0 Å². The van der Waals surface area contributed by atoms with Crippen molar-refractivity contribution in [1.29, 1.82) is 0 Å². The number of fused-ring (bicyclic) bond motifs is 2. The van der Waals surface area contributed by atoms with Gasteiger partial charge < -0.3 is 9.13 Å². The van der Waals surface area contributed by atoms with Crippen molar-refractivity contribution >= 4 is 80.2 Å². The zero-order chi connectivity index (χ0) is 23.1. The van der Waals surface area contributed by atoms with E-state index < -0.39 is 0 Å². The Bertz CT molecular complexity index is 1130. The van der Waals surface area contributed by atoms with Crippen molar-refractivity contribution in [3.8, 4) is 0 Å². The number of hydrogen-bond donors (Lipinski definition) is 0. The highest BCUT2D eigenvalue weighted by molar-refractivity contribution is 7.79. The van der Waals surface area contributed by atoms with Crippen molar-refractivity contribution in [3.05, 3.63) is 71.0 Å². The van der Waals surface area contributed by atoms with Gasteiger partial charge in [0.15, 0.2) is 0 Å². The number of halogens is 2. The molecule has 168 valence electrons. The summed E-state index contributed by atoms with van der Waals surface area (Å²) in [5.41, 5.74) is 7.27. The highest BCUT2D eigenvalue weighted by Crippen LogP contribution is 2.23. The van der Waals surface area contributed by atoms with Gasteiger partial charge in [-0.05, 0) is 51.0 Å². The standard InChI is InChI=1S/2C13H14ClNS/c2*1-10-3-4-13-12(7-10)11(9-16)8-15(13)6-2-5-14/h2*3-4,7-9H,2,5-6H2,1H3. The number of rotatable bonds is 8. The van der Waals surface area contributed by atoms with Crippen molar-refractivity contribution in [1.82, 2.24) is 9.13 Å². The van der Waals surface area contributed by atoms with E-state index >= 15 is 0 Å². The summed E-state index contributed by atoms with van der Waals surface area (Å²) in [6.45, 7) is 6.10. The van der Waals surface area contributed by atoms with Crippen molar-refractivity contribution in [2.75, 3.05) is 11.8 Å². The van der Waals surface area contributed by atoms with Crippen LogP contribution in [0.1, 0.15) is 35.1 Å². The molecule has 2 nitrogen and oxygen atoms in total. The number of thiocarbonyl (C=S) groups is 2. The van der Waals surface area contributed by atoms with E-state index in [2.05, 4.69) is 71.8 Å². The van der Waals surface area contributed by atoms with Gasteiger partial charge in [0.05, 0.1) is 0 Å². The first-order chi connectivity index (χ1) is 15.5. The molecule has 2 aromatic heterocycles. The van der Waals surface area contributed by atoms with Gasteiger partial charge in [-0.15, -0.1) is 23.2 Å². The molecule has 0 atom stereocenters. The van der Waals surface area contributed by atoms with Gasteiger partial charge in [-0.3, -0.25) is 0 Å². The maximum Gasteiger partial charge on any atom is 0.0487 e. The third-order valence-corrected chi connectivity index (χ3v) is 6.50. The van der Waals surface area contributed by atoms with E-state index in [9.17, 15) is 0 Å². The van der Waals surface area contributed by atoms with Crippen LogP contribution in [0.25, 0.3) is 21.8 Å². The molecule has 0 fully saturated rings. The number of benzene rings is 2. The zero-order valence-electron chi connectivity index (χ0n) is 18.5. The van der Waals surface area contributed by atoms with Crippen LogP contribution in [0.15, 0.2) is 48.8 Å². The largest absolute Gasteiger partial charge is 0.347 e. The molecular formula is C26H28Cl2N2S2. The number of alkyl halides is 2. The predicted molar refractivity (Wildman–Crippen MR) is 150 cm³/mol. The molecule has 0 aliphatic carbocycles. The minimum atomic E-state index is 0.693. The summed E-state index contributed by atoms with van der Waals surface area (Å²) in [7, 11) is 0. The van der Waals surface area contributed by atoms with E-state index in [-0.39, 0.29) is 0 Å². The van der Waals surface area contributed by atoms with Crippen LogP contribution in [-0.2, 0) is 13.1 Å². The minimum Gasteiger partial charge on any atom is -0.347 e. The average molecular weight is 504 g/mol. The monoisotopic (exact) mass is 502 g/mol. The van der Waals surface area contributed by atoms with Crippen LogP contribution in [-0.4, -0.2) is 31.6 Å². The second-order valence-electron chi connectivity index (χ2n) is 7.92. The lowest BCUT2D eigenvalue weighted by atomic mass is 10.1. The fourth-order valence-corrected chi connectivity index (χ4v) is 4.51. The van der Waals surface area contributed by atoms with Gasteiger partial charge in [0, 0.05) is 80.9 Å². The maximum atomic E-state index is 5.73. The van der Waals surface area contributed by atoms with Crippen LogP contribution in [0.3, 0.4) is 0 Å². The minimum absolute atomic E-state index is 0.693. The van der Waals surface area contributed by atoms with E-state index in [1.165, 1.54) is 32.9 Å². The van der Waals surface area contributed by atoms with Gasteiger partial charge in [-0.2, -0.15) is 0 Å². The van der Waals surface area contributed by atoms with Gasteiger partial charge in [0.1, 0.15) is 0 Å². The zero-order valence-corrected chi connectivity index (χ0v) is 21.6. The topological polar surface area (TPSA) is 9.86 Å². The molecule has 0 unspecified atom stereocenters. The summed E-state index contributed by atoms with van der Waals surface area (Å²) in [6.07, 6.45) is 6.19. The summed E-state index contributed by atoms with van der Waals surface area (Å²) in [4.78, 5) is 0. The molecule has 0 spiro atoms. The van der Waals surface area contributed by atoms with Crippen molar-refractivity contribution in [2.45, 2.75) is 39.8 Å².